The molecule has 4 nitrogen and oxygen atoms in total. The molecule has 0 heterocycles. The minimum absolute atomic E-state index is 0.00723. The van der Waals surface area contributed by atoms with Gasteiger partial charge in [0.2, 0.25) is 0 Å². The van der Waals surface area contributed by atoms with Crippen molar-refractivity contribution in [1.82, 2.24) is 0 Å². The van der Waals surface area contributed by atoms with Crippen molar-refractivity contribution in [3.8, 4) is 5.75 Å². The summed E-state index contributed by atoms with van der Waals surface area (Å²) in [5, 5.41) is 12.3. The van der Waals surface area contributed by atoms with Crippen molar-refractivity contribution in [2.75, 3.05) is 19.0 Å². The van der Waals surface area contributed by atoms with Gasteiger partial charge >= 0.3 is 5.97 Å². The highest BCUT2D eigenvalue weighted by atomic mass is 35.5. The van der Waals surface area contributed by atoms with Crippen LogP contribution in [0.4, 0.5) is 5.69 Å². The van der Waals surface area contributed by atoms with Crippen LogP contribution >= 0.6 is 23.2 Å². The van der Waals surface area contributed by atoms with Gasteiger partial charge in [0, 0.05) is 11.6 Å². The Morgan fingerprint density at radius 3 is 2.75 bits per heavy atom. The van der Waals surface area contributed by atoms with Gasteiger partial charge in [0.1, 0.15) is 0 Å². The minimum Gasteiger partial charge on any atom is -0.493 e. The Hall–Kier alpha value is -1.13. The molecule has 0 radical (unpaired) electrons. The van der Waals surface area contributed by atoms with Crippen LogP contribution in [-0.4, -0.2) is 24.7 Å². The maximum Gasteiger partial charge on any atom is 0.305 e. The summed E-state index contributed by atoms with van der Waals surface area (Å²) in [7, 11) is 1.48. The topological polar surface area (TPSA) is 58.6 Å². The molecule has 0 amide bonds. The van der Waals surface area contributed by atoms with Gasteiger partial charge in [0.05, 0.1) is 24.2 Å². The highest BCUT2D eigenvalue weighted by Crippen LogP contribution is 2.35. The first kappa shape index (κ1) is 12.9. The van der Waals surface area contributed by atoms with E-state index in [0.29, 0.717) is 21.5 Å². The zero-order chi connectivity index (χ0) is 12.1. The number of carboxylic acid groups (broad SMARTS) is 1. The molecule has 0 aliphatic carbocycles. The van der Waals surface area contributed by atoms with Gasteiger partial charge < -0.3 is 15.2 Å². The molecule has 0 spiro atoms. The summed E-state index contributed by atoms with van der Waals surface area (Å²) in [6, 6.07) is 3.19. The summed E-state index contributed by atoms with van der Waals surface area (Å²) < 4.78 is 5.09. The zero-order valence-electron chi connectivity index (χ0n) is 8.59. The maximum atomic E-state index is 10.4. The molecule has 0 saturated carbocycles. The second-order valence-electron chi connectivity index (χ2n) is 3.04. The number of hydrogen-bond donors (Lipinski definition) is 2. The van der Waals surface area contributed by atoms with Gasteiger partial charge in [0.15, 0.2) is 5.75 Å². The van der Waals surface area contributed by atoms with Crippen LogP contribution in [0, 0.1) is 0 Å². The predicted molar refractivity (Wildman–Crippen MR) is 63.8 cm³/mol. The van der Waals surface area contributed by atoms with E-state index in [4.69, 9.17) is 33.0 Å². The molecule has 0 unspecified atom stereocenters. The molecule has 0 bridgehead atoms. The van der Waals surface area contributed by atoms with Crippen LogP contribution in [0.5, 0.6) is 5.75 Å². The van der Waals surface area contributed by atoms with E-state index in [1.165, 1.54) is 7.11 Å². The lowest BCUT2D eigenvalue weighted by Gasteiger charge is -2.12. The molecule has 6 heteroatoms. The number of carboxylic acids is 1. The first-order valence-corrected chi connectivity index (χ1v) is 5.29. The lowest BCUT2D eigenvalue weighted by molar-refractivity contribution is -0.136. The Balaban J connectivity index is 2.81. The molecule has 0 aliphatic heterocycles. The van der Waals surface area contributed by atoms with Crippen molar-refractivity contribution in [1.29, 1.82) is 0 Å². The monoisotopic (exact) mass is 263 g/mol. The third-order valence-electron chi connectivity index (χ3n) is 1.87. The molecule has 88 valence electrons. The van der Waals surface area contributed by atoms with Crippen LogP contribution in [0.3, 0.4) is 0 Å². The Labute approximate surface area is 103 Å². The molecule has 1 aromatic rings. The van der Waals surface area contributed by atoms with Crippen molar-refractivity contribution in [2.45, 2.75) is 6.42 Å². The smallest absolute Gasteiger partial charge is 0.305 e. The summed E-state index contributed by atoms with van der Waals surface area (Å²) in [4.78, 5) is 10.4. The fourth-order valence-electron chi connectivity index (χ4n) is 1.20. The average molecular weight is 264 g/mol. The van der Waals surface area contributed by atoms with Crippen LogP contribution in [-0.2, 0) is 4.79 Å². The average Bonchev–Trinajstić information content (AvgIpc) is 2.16. The van der Waals surface area contributed by atoms with Gasteiger partial charge in [-0.3, -0.25) is 4.79 Å². The summed E-state index contributed by atoms with van der Waals surface area (Å²) in [6.07, 6.45) is 0.00723. The molecule has 0 aliphatic rings. The van der Waals surface area contributed by atoms with E-state index >= 15 is 0 Å². The lowest BCUT2D eigenvalue weighted by atomic mass is 10.2. The molecule has 1 aromatic carbocycles. The molecule has 0 saturated heterocycles. The number of benzene rings is 1. The fraction of sp³-hybridized carbons (Fsp3) is 0.300. The van der Waals surface area contributed by atoms with Gasteiger partial charge in [0.25, 0.3) is 0 Å². The van der Waals surface area contributed by atoms with Gasteiger partial charge in [-0.25, -0.2) is 0 Å². The molecule has 2 N–H and O–H groups in total. The molecular formula is C10H11Cl2NO3. The van der Waals surface area contributed by atoms with Crippen LogP contribution in [0.2, 0.25) is 10.0 Å². The Morgan fingerprint density at radius 2 is 2.19 bits per heavy atom. The second kappa shape index (κ2) is 5.82. The van der Waals surface area contributed by atoms with Crippen molar-refractivity contribution in [2.24, 2.45) is 0 Å². The van der Waals surface area contributed by atoms with Crippen LogP contribution in [0.25, 0.3) is 0 Å². The first-order valence-electron chi connectivity index (χ1n) is 4.53. The van der Waals surface area contributed by atoms with Crippen molar-refractivity contribution in [3.05, 3.63) is 22.2 Å². The Morgan fingerprint density at radius 1 is 1.50 bits per heavy atom. The minimum atomic E-state index is -0.875. The first-order chi connectivity index (χ1) is 7.54. The number of halogens is 2. The van der Waals surface area contributed by atoms with E-state index in [1.54, 1.807) is 12.1 Å². The van der Waals surface area contributed by atoms with E-state index in [0.717, 1.165) is 0 Å². The number of methoxy groups -OCH3 is 1. The molecule has 0 fully saturated rings. The molecule has 16 heavy (non-hydrogen) atoms. The lowest BCUT2D eigenvalue weighted by Crippen LogP contribution is -2.08. The number of ether oxygens (including phenoxy) is 1. The largest absolute Gasteiger partial charge is 0.493 e. The number of carbonyl (C=O) groups is 1. The quantitative estimate of drug-likeness (QED) is 0.858. The van der Waals surface area contributed by atoms with Gasteiger partial charge in [-0.1, -0.05) is 23.2 Å². The highest BCUT2D eigenvalue weighted by molar-refractivity contribution is 6.36. The van der Waals surface area contributed by atoms with E-state index in [1.807, 2.05) is 0 Å². The molecular weight excluding hydrogens is 253 g/mol. The Kier molecular flexibility index (Phi) is 4.71. The van der Waals surface area contributed by atoms with E-state index < -0.39 is 5.97 Å². The SMILES string of the molecule is COc1c(Cl)cc(Cl)cc1NCCC(=O)O. The normalized spacial score (nSPS) is 9.94. The fourth-order valence-corrected chi connectivity index (χ4v) is 1.77. The summed E-state index contributed by atoms with van der Waals surface area (Å²) in [5.74, 6) is -0.420. The maximum absolute atomic E-state index is 10.4. The number of nitrogens with one attached hydrogen (secondary N) is 1. The third kappa shape index (κ3) is 3.47. The number of anilines is 1. The molecule has 0 atom stereocenters. The Bertz CT molecular complexity index is 396. The van der Waals surface area contributed by atoms with Crippen molar-refractivity contribution >= 4 is 34.9 Å². The summed E-state index contributed by atoms with van der Waals surface area (Å²) >= 11 is 11.7. The molecule has 1 rings (SSSR count). The highest BCUT2D eigenvalue weighted by Gasteiger charge is 2.09. The van der Waals surface area contributed by atoms with Gasteiger partial charge in [-0.2, -0.15) is 0 Å². The van der Waals surface area contributed by atoms with E-state index in [9.17, 15) is 4.79 Å². The third-order valence-corrected chi connectivity index (χ3v) is 2.37. The zero-order valence-corrected chi connectivity index (χ0v) is 10.1. The van der Waals surface area contributed by atoms with Crippen LogP contribution < -0.4 is 10.1 Å². The summed E-state index contributed by atoms with van der Waals surface area (Å²) in [5.41, 5.74) is 0.584. The predicted octanol–water partition coefficient (Wildman–Crippen LogP) is 2.89. The van der Waals surface area contributed by atoms with Gasteiger partial charge in [-0.05, 0) is 12.1 Å². The summed E-state index contributed by atoms with van der Waals surface area (Å²) in [6.45, 7) is 0.280. The number of rotatable bonds is 5. The number of hydrogen-bond acceptors (Lipinski definition) is 3. The van der Waals surface area contributed by atoms with Crippen molar-refractivity contribution < 1.29 is 14.6 Å². The molecule has 0 aromatic heterocycles. The van der Waals surface area contributed by atoms with Crippen molar-refractivity contribution in [3.63, 3.8) is 0 Å². The van der Waals surface area contributed by atoms with E-state index in [-0.39, 0.29) is 13.0 Å². The van der Waals surface area contributed by atoms with Crippen LogP contribution in [0.15, 0.2) is 12.1 Å². The number of aliphatic carboxylic acids is 1. The standard InChI is InChI=1S/C10H11Cl2NO3/c1-16-10-7(12)4-6(11)5-8(10)13-3-2-9(14)15/h4-5,13H,2-3H2,1H3,(H,14,15). The van der Waals surface area contributed by atoms with E-state index in [2.05, 4.69) is 5.32 Å². The second-order valence-corrected chi connectivity index (χ2v) is 3.88. The van der Waals surface area contributed by atoms with Crippen LogP contribution in [0.1, 0.15) is 6.42 Å². The van der Waals surface area contributed by atoms with Gasteiger partial charge in [-0.15, -0.1) is 0 Å².